The average molecular weight is 376 g/mol. The summed E-state index contributed by atoms with van der Waals surface area (Å²) in [6.45, 7) is 10.3. The van der Waals surface area contributed by atoms with Crippen molar-refractivity contribution in [2.45, 2.75) is 53.0 Å². The van der Waals surface area contributed by atoms with E-state index in [2.05, 4.69) is 68.7 Å². The number of carbonyl (C=O) groups excluding carboxylic acids is 1. The fourth-order valence-corrected chi connectivity index (χ4v) is 4.26. The number of rotatable bonds is 5. The third-order valence-electron chi connectivity index (χ3n) is 5.62. The minimum atomic E-state index is 0.132. The van der Waals surface area contributed by atoms with E-state index in [1.807, 2.05) is 11.0 Å². The topological polar surface area (TPSA) is 38.1 Å². The first-order valence-corrected chi connectivity index (χ1v) is 10.3. The van der Waals surface area contributed by atoms with Crippen LogP contribution < -0.4 is 4.90 Å². The van der Waals surface area contributed by atoms with Crippen LogP contribution in [0.3, 0.4) is 0 Å². The summed E-state index contributed by atoms with van der Waals surface area (Å²) in [6.07, 6.45) is 1.63. The Hall–Kier alpha value is -2.62. The van der Waals surface area contributed by atoms with Crippen LogP contribution in [0.5, 0.6) is 0 Å². The predicted octanol–water partition coefficient (Wildman–Crippen LogP) is 5.22. The number of aromatic nitrogens is 2. The van der Waals surface area contributed by atoms with Gasteiger partial charge in [-0.3, -0.25) is 4.79 Å². The van der Waals surface area contributed by atoms with Crippen molar-refractivity contribution in [3.8, 4) is 0 Å². The Morgan fingerprint density at radius 2 is 1.82 bits per heavy atom. The van der Waals surface area contributed by atoms with Gasteiger partial charge < -0.3 is 9.47 Å². The first-order chi connectivity index (χ1) is 13.4. The fraction of sp³-hybridized carbons (Fsp3) is 0.417. The molecule has 0 saturated carbocycles. The predicted molar refractivity (Wildman–Crippen MR) is 115 cm³/mol. The van der Waals surface area contributed by atoms with Crippen molar-refractivity contribution in [2.75, 3.05) is 11.4 Å². The molecule has 4 rings (SSSR count). The first kappa shape index (κ1) is 18.7. The van der Waals surface area contributed by atoms with Crippen LogP contribution in [0.4, 0.5) is 5.69 Å². The maximum atomic E-state index is 12.9. The minimum absolute atomic E-state index is 0.132. The van der Waals surface area contributed by atoms with Crippen molar-refractivity contribution in [3.63, 3.8) is 0 Å². The zero-order chi connectivity index (χ0) is 19.8. The first-order valence-electron chi connectivity index (χ1n) is 10.3. The second-order valence-corrected chi connectivity index (χ2v) is 8.54. The second-order valence-electron chi connectivity index (χ2n) is 8.54. The molecule has 2 heterocycles. The van der Waals surface area contributed by atoms with Gasteiger partial charge in [-0.25, -0.2) is 4.98 Å². The highest BCUT2D eigenvalue weighted by atomic mass is 16.2. The van der Waals surface area contributed by atoms with E-state index >= 15 is 0 Å². The van der Waals surface area contributed by atoms with E-state index in [0.29, 0.717) is 18.9 Å². The number of hydrogen-bond acceptors (Lipinski definition) is 2. The second kappa shape index (κ2) is 7.42. The lowest BCUT2D eigenvalue weighted by Crippen LogP contribution is -2.24. The Labute approximate surface area is 167 Å². The van der Waals surface area contributed by atoms with Gasteiger partial charge in [-0.15, -0.1) is 0 Å². The van der Waals surface area contributed by atoms with Crippen molar-refractivity contribution >= 4 is 22.6 Å². The third-order valence-corrected chi connectivity index (χ3v) is 5.62. The molecule has 1 saturated heterocycles. The van der Waals surface area contributed by atoms with Gasteiger partial charge in [-0.2, -0.15) is 0 Å². The van der Waals surface area contributed by atoms with Crippen molar-refractivity contribution < 1.29 is 4.79 Å². The van der Waals surface area contributed by atoms with Crippen LogP contribution in [0, 0.1) is 19.8 Å². The fourth-order valence-electron chi connectivity index (χ4n) is 4.26. The van der Waals surface area contributed by atoms with Gasteiger partial charge >= 0.3 is 0 Å². The molecule has 4 heteroatoms. The Bertz CT molecular complexity index is 998. The van der Waals surface area contributed by atoms with Gasteiger partial charge in [0.2, 0.25) is 5.91 Å². The Morgan fingerprint density at radius 3 is 2.54 bits per heavy atom. The van der Waals surface area contributed by atoms with Gasteiger partial charge in [0.25, 0.3) is 0 Å². The molecule has 146 valence electrons. The summed E-state index contributed by atoms with van der Waals surface area (Å²) < 4.78 is 2.35. The standard InChI is InChI=1S/C24H29N3O/c1-16(2)9-10-26-22-8-6-5-7-21(22)25-24(26)19-14-23(28)27(15-19)20-12-17(3)11-18(4)13-20/h5-8,11-13,16,19H,9-10,14-15H2,1-4H3. The van der Waals surface area contributed by atoms with Crippen LogP contribution in [-0.4, -0.2) is 22.0 Å². The number of aryl methyl sites for hydroxylation is 3. The van der Waals surface area contributed by atoms with Gasteiger partial charge in [0.1, 0.15) is 5.82 Å². The van der Waals surface area contributed by atoms with Crippen molar-refractivity contribution in [2.24, 2.45) is 5.92 Å². The molecule has 0 radical (unpaired) electrons. The molecule has 1 unspecified atom stereocenters. The molecule has 0 aliphatic carbocycles. The number of fused-ring (bicyclic) bond motifs is 1. The number of carbonyl (C=O) groups is 1. The molecule has 0 N–H and O–H groups in total. The van der Waals surface area contributed by atoms with Crippen molar-refractivity contribution in [1.82, 2.24) is 9.55 Å². The van der Waals surface area contributed by atoms with Crippen molar-refractivity contribution in [3.05, 3.63) is 59.4 Å². The summed E-state index contributed by atoms with van der Waals surface area (Å²) in [6, 6.07) is 14.7. The summed E-state index contributed by atoms with van der Waals surface area (Å²) in [5.41, 5.74) is 5.59. The summed E-state index contributed by atoms with van der Waals surface area (Å²) in [5, 5.41) is 0. The van der Waals surface area contributed by atoms with Crippen LogP contribution in [0.2, 0.25) is 0 Å². The molecular weight excluding hydrogens is 346 g/mol. The lowest BCUT2D eigenvalue weighted by atomic mass is 10.1. The number of para-hydroxylation sites is 2. The molecule has 4 nitrogen and oxygen atoms in total. The maximum absolute atomic E-state index is 12.9. The highest BCUT2D eigenvalue weighted by molar-refractivity contribution is 5.96. The molecular formula is C24H29N3O. The number of hydrogen-bond donors (Lipinski definition) is 0. The number of anilines is 1. The van der Waals surface area contributed by atoms with Gasteiger partial charge in [-0.1, -0.05) is 32.0 Å². The number of imidazole rings is 1. The van der Waals surface area contributed by atoms with Crippen LogP contribution in [0.15, 0.2) is 42.5 Å². The molecule has 3 aromatic rings. The largest absolute Gasteiger partial charge is 0.328 e. The SMILES string of the molecule is Cc1cc(C)cc(N2CC(c3nc4ccccc4n3CCC(C)C)CC2=O)c1. The molecule has 28 heavy (non-hydrogen) atoms. The van der Waals surface area contributed by atoms with Gasteiger partial charge in [-0.05, 0) is 61.6 Å². The summed E-state index contributed by atoms with van der Waals surface area (Å²) in [7, 11) is 0. The third kappa shape index (κ3) is 3.56. The molecule has 1 amide bonds. The van der Waals surface area contributed by atoms with Crippen LogP contribution >= 0.6 is 0 Å². The summed E-state index contributed by atoms with van der Waals surface area (Å²) in [4.78, 5) is 19.8. The van der Waals surface area contributed by atoms with E-state index in [4.69, 9.17) is 4.98 Å². The molecule has 1 fully saturated rings. The molecule has 2 aromatic carbocycles. The van der Waals surface area contributed by atoms with Gasteiger partial charge in [0, 0.05) is 31.1 Å². The molecule has 1 atom stereocenters. The summed E-state index contributed by atoms with van der Waals surface area (Å²) >= 11 is 0. The lowest BCUT2D eigenvalue weighted by Gasteiger charge is -2.19. The normalized spacial score (nSPS) is 17.2. The molecule has 0 spiro atoms. The van der Waals surface area contributed by atoms with Gasteiger partial charge in [0.15, 0.2) is 0 Å². The van der Waals surface area contributed by atoms with E-state index in [1.54, 1.807) is 0 Å². The van der Waals surface area contributed by atoms with Crippen LogP contribution in [0.25, 0.3) is 11.0 Å². The monoisotopic (exact) mass is 375 g/mol. The maximum Gasteiger partial charge on any atom is 0.227 e. The van der Waals surface area contributed by atoms with Crippen LogP contribution in [0.1, 0.15) is 49.6 Å². The molecule has 1 aliphatic rings. The van der Waals surface area contributed by atoms with Crippen molar-refractivity contribution in [1.29, 1.82) is 0 Å². The smallest absolute Gasteiger partial charge is 0.227 e. The zero-order valence-electron chi connectivity index (χ0n) is 17.3. The minimum Gasteiger partial charge on any atom is -0.328 e. The highest BCUT2D eigenvalue weighted by Crippen LogP contribution is 2.34. The molecule has 1 aromatic heterocycles. The molecule has 1 aliphatic heterocycles. The Balaban J connectivity index is 1.68. The Kier molecular flexibility index (Phi) is 4.96. The van der Waals surface area contributed by atoms with E-state index < -0.39 is 0 Å². The van der Waals surface area contributed by atoms with Gasteiger partial charge in [0.05, 0.1) is 11.0 Å². The number of amides is 1. The quantitative estimate of drug-likeness (QED) is 0.613. The summed E-state index contributed by atoms with van der Waals surface area (Å²) in [5.74, 6) is 2.01. The van der Waals surface area contributed by atoms with Crippen LogP contribution in [-0.2, 0) is 11.3 Å². The number of benzene rings is 2. The van der Waals surface area contributed by atoms with E-state index in [1.165, 1.54) is 16.6 Å². The van der Waals surface area contributed by atoms with E-state index in [-0.39, 0.29) is 11.8 Å². The molecule has 0 bridgehead atoms. The van der Waals surface area contributed by atoms with E-state index in [9.17, 15) is 4.79 Å². The highest BCUT2D eigenvalue weighted by Gasteiger charge is 2.35. The Morgan fingerprint density at radius 1 is 1.11 bits per heavy atom. The zero-order valence-corrected chi connectivity index (χ0v) is 17.3. The number of nitrogens with zero attached hydrogens (tertiary/aromatic N) is 3. The lowest BCUT2D eigenvalue weighted by molar-refractivity contribution is -0.117. The van der Waals surface area contributed by atoms with E-state index in [0.717, 1.165) is 30.0 Å². The average Bonchev–Trinajstić information content (AvgIpc) is 3.19.